The second-order valence-electron chi connectivity index (χ2n) is 8.46. The molecule has 2 fully saturated rings. The molecule has 2 aliphatic rings. The highest BCUT2D eigenvalue weighted by atomic mass is 16.2. The zero-order chi connectivity index (χ0) is 20.2. The molecule has 29 heavy (non-hydrogen) atoms. The van der Waals surface area contributed by atoms with Crippen LogP contribution in [0.2, 0.25) is 0 Å². The molecule has 0 bridgehead atoms. The average molecular weight is 393 g/mol. The topological polar surface area (TPSA) is 38.8 Å². The maximum Gasteiger partial charge on any atom is 0.321 e. The van der Waals surface area contributed by atoms with Crippen molar-refractivity contribution in [3.8, 4) is 0 Å². The molecule has 4 rings (SSSR count). The number of anilines is 3. The molecule has 0 spiro atoms. The Labute approximate surface area is 174 Å². The lowest BCUT2D eigenvalue weighted by atomic mass is 9.99. The van der Waals surface area contributed by atoms with Gasteiger partial charge in [0.25, 0.3) is 0 Å². The molecule has 2 aliphatic heterocycles. The summed E-state index contributed by atoms with van der Waals surface area (Å²) in [6.07, 6.45) is 2.51. The summed E-state index contributed by atoms with van der Waals surface area (Å²) in [6.45, 7) is 9.89. The fourth-order valence-corrected chi connectivity index (χ4v) is 4.15. The van der Waals surface area contributed by atoms with Crippen molar-refractivity contribution in [2.45, 2.75) is 26.7 Å². The number of piperidine rings is 1. The standard InChI is InChI=1S/C24H32N4O/c1-19-3-7-22(8-4-19)27-15-17-28(18-16-27)24(29)25-21-5-9-23(10-6-21)26-13-11-20(2)12-14-26/h3-10,20H,11-18H2,1-2H3,(H,25,29). The van der Waals surface area contributed by atoms with Crippen molar-refractivity contribution in [1.82, 2.24) is 4.90 Å². The summed E-state index contributed by atoms with van der Waals surface area (Å²) in [5, 5.41) is 3.06. The zero-order valence-electron chi connectivity index (χ0n) is 17.6. The molecular weight excluding hydrogens is 360 g/mol. The quantitative estimate of drug-likeness (QED) is 0.831. The Morgan fingerprint density at radius 1 is 0.793 bits per heavy atom. The summed E-state index contributed by atoms with van der Waals surface area (Å²) < 4.78 is 0. The third-order valence-electron chi connectivity index (χ3n) is 6.23. The number of benzene rings is 2. The van der Waals surface area contributed by atoms with Gasteiger partial charge in [-0.3, -0.25) is 0 Å². The van der Waals surface area contributed by atoms with Gasteiger partial charge in [-0.05, 0) is 62.1 Å². The van der Waals surface area contributed by atoms with E-state index in [-0.39, 0.29) is 6.03 Å². The van der Waals surface area contributed by atoms with Gasteiger partial charge in [0.2, 0.25) is 0 Å². The molecule has 0 unspecified atom stereocenters. The van der Waals surface area contributed by atoms with Crippen LogP contribution in [-0.4, -0.2) is 50.2 Å². The number of carbonyl (C=O) groups excluding carboxylic acids is 1. The van der Waals surface area contributed by atoms with E-state index in [0.717, 1.165) is 50.9 Å². The second-order valence-corrected chi connectivity index (χ2v) is 8.46. The fraction of sp³-hybridized carbons (Fsp3) is 0.458. The Hall–Kier alpha value is -2.69. The van der Waals surface area contributed by atoms with E-state index in [1.807, 2.05) is 17.0 Å². The van der Waals surface area contributed by atoms with Crippen molar-refractivity contribution in [3.05, 3.63) is 54.1 Å². The SMILES string of the molecule is Cc1ccc(N2CCN(C(=O)Nc3ccc(N4CCC(C)CC4)cc3)CC2)cc1. The van der Waals surface area contributed by atoms with Gasteiger partial charge in [0, 0.05) is 56.3 Å². The molecule has 0 radical (unpaired) electrons. The number of carbonyl (C=O) groups is 1. The molecule has 0 aromatic heterocycles. The molecule has 0 saturated carbocycles. The van der Waals surface area contributed by atoms with Crippen LogP contribution < -0.4 is 15.1 Å². The largest absolute Gasteiger partial charge is 0.372 e. The molecular formula is C24H32N4O. The van der Waals surface area contributed by atoms with Gasteiger partial charge >= 0.3 is 6.03 Å². The third kappa shape index (κ3) is 4.84. The molecule has 2 heterocycles. The van der Waals surface area contributed by atoms with Crippen molar-refractivity contribution in [1.29, 1.82) is 0 Å². The van der Waals surface area contributed by atoms with Crippen LogP contribution >= 0.6 is 0 Å². The summed E-state index contributed by atoms with van der Waals surface area (Å²) in [5.41, 5.74) is 4.62. The Morgan fingerprint density at radius 3 is 1.90 bits per heavy atom. The zero-order valence-corrected chi connectivity index (χ0v) is 17.6. The lowest BCUT2D eigenvalue weighted by molar-refractivity contribution is 0.208. The van der Waals surface area contributed by atoms with Crippen LogP contribution in [0.25, 0.3) is 0 Å². The van der Waals surface area contributed by atoms with Crippen LogP contribution in [0.3, 0.4) is 0 Å². The van der Waals surface area contributed by atoms with Crippen LogP contribution in [0.4, 0.5) is 21.9 Å². The Morgan fingerprint density at radius 2 is 1.31 bits per heavy atom. The monoisotopic (exact) mass is 392 g/mol. The molecule has 2 aromatic rings. The number of nitrogens with one attached hydrogen (secondary N) is 1. The number of aryl methyl sites for hydroxylation is 1. The lowest BCUT2D eigenvalue weighted by Crippen LogP contribution is -2.50. The molecule has 2 saturated heterocycles. The molecule has 2 aromatic carbocycles. The Kier molecular flexibility index (Phi) is 5.93. The number of urea groups is 1. The highest BCUT2D eigenvalue weighted by Crippen LogP contribution is 2.24. The summed E-state index contributed by atoms with van der Waals surface area (Å²) in [5.74, 6) is 0.830. The first kappa shape index (κ1) is 19.6. The van der Waals surface area contributed by atoms with Gasteiger partial charge in [-0.15, -0.1) is 0 Å². The molecule has 0 aliphatic carbocycles. The van der Waals surface area contributed by atoms with E-state index < -0.39 is 0 Å². The van der Waals surface area contributed by atoms with Gasteiger partial charge in [-0.1, -0.05) is 24.6 Å². The highest BCUT2D eigenvalue weighted by Gasteiger charge is 2.21. The van der Waals surface area contributed by atoms with Crippen LogP contribution in [0.5, 0.6) is 0 Å². The fourth-order valence-electron chi connectivity index (χ4n) is 4.15. The van der Waals surface area contributed by atoms with Crippen molar-refractivity contribution in [2.24, 2.45) is 5.92 Å². The molecule has 5 heteroatoms. The Balaban J connectivity index is 1.28. The minimum absolute atomic E-state index is 0.00639. The minimum atomic E-state index is -0.00639. The van der Waals surface area contributed by atoms with Gasteiger partial charge in [0.1, 0.15) is 0 Å². The molecule has 1 N–H and O–H groups in total. The van der Waals surface area contributed by atoms with Crippen molar-refractivity contribution in [3.63, 3.8) is 0 Å². The predicted molar refractivity (Wildman–Crippen MR) is 121 cm³/mol. The first-order chi connectivity index (χ1) is 14.1. The van der Waals surface area contributed by atoms with Gasteiger partial charge < -0.3 is 20.0 Å². The third-order valence-corrected chi connectivity index (χ3v) is 6.23. The van der Waals surface area contributed by atoms with Gasteiger partial charge in [0.05, 0.1) is 0 Å². The highest BCUT2D eigenvalue weighted by molar-refractivity contribution is 5.89. The van der Waals surface area contributed by atoms with E-state index in [1.54, 1.807) is 0 Å². The Bertz CT molecular complexity index is 802. The van der Waals surface area contributed by atoms with E-state index >= 15 is 0 Å². The number of rotatable bonds is 3. The second kappa shape index (κ2) is 8.76. The van der Waals surface area contributed by atoms with E-state index in [4.69, 9.17) is 0 Å². The van der Waals surface area contributed by atoms with Gasteiger partial charge in [-0.2, -0.15) is 0 Å². The number of hydrogen-bond donors (Lipinski definition) is 1. The number of amides is 2. The number of piperazine rings is 1. The van der Waals surface area contributed by atoms with E-state index in [2.05, 4.69) is 65.4 Å². The first-order valence-corrected chi connectivity index (χ1v) is 10.8. The van der Waals surface area contributed by atoms with Crippen LogP contribution in [0.15, 0.2) is 48.5 Å². The summed E-state index contributed by atoms with van der Waals surface area (Å²) in [6, 6.07) is 16.9. The van der Waals surface area contributed by atoms with Crippen molar-refractivity contribution < 1.29 is 4.79 Å². The predicted octanol–water partition coefficient (Wildman–Crippen LogP) is 4.59. The van der Waals surface area contributed by atoms with Crippen LogP contribution in [-0.2, 0) is 0 Å². The number of nitrogens with zero attached hydrogens (tertiary/aromatic N) is 3. The molecule has 0 atom stereocenters. The van der Waals surface area contributed by atoms with Gasteiger partial charge in [0.15, 0.2) is 0 Å². The van der Waals surface area contributed by atoms with Crippen LogP contribution in [0.1, 0.15) is 25.3 Å². The first-order valence-electron chi connectivity index (χ1n) is 10.8. The van der Waals surface area contributed by atoms with E-state index in [9.17, 15) is 4.79 Å². The van der Waals surface area contributed by atoms with Gasteiger partial charge in [-0.25, -0.2) is 4.79 Å². The summed E-state index contributed by atoms with van der Waals surface area (Å²) in [4.78, 5) is 19.4. The summed E-state index contributed by atoms with van der Waals surface area (Å²) >= 11 is 0. The summed E-state index contributed by atoms with van der Waals surface area (Å²) in [7, 11) is 0. The van der Waals surface area contributed by atoms with Crippen molar-refractivity contribution in [2.75, 3.05) is 54.4 Å². The number of hydrogen-bond acceptors (Lipinski definition) is 3. The minimum Gasteiger partial charge on any atom is -0.372 e. The molecule has 5 nitrogen and oxygen atoms in total. The van der Waals surface area contributed by atoms with Crippen LogP contribution in [0, 0.1) is 12.8 Å². The average Bonchev–Trinajstić information content (AvgIpc) is 2.76. The maximum absolute atomic E-state index is 12.7. The molecule has 2 amide bonds. The van der Waals surface area contributed by atoms with Crippen molar-refractivity contribution >= 4 is 23.1 Å². The smallest absolute Gasteiger partial charge is 0.321 e. The normalized spacial score (nSPS) is 18.1. The lowest BCUT2D eigenvalue weighted by Gasteiger charge is -2.36. The maximum atomic E-state index is 12.7. The van der Waals surface area contributed by atoms with E-state index in [0.29, 0.717) is 0 Å². The van der Waals surface area contributed by atoms with E-state index in [1.165, 1.54) is 29.8 Å². The molecule has 154 valence electrons.